The number of aryl methyl sites for hydroxylation is 1. The Bertz CT molecular complexity index is 670. The molecule has 1 unspecified atom stereocenters. The summed E-state index contributed by atoms with van der Waals surface area (Å²) >= 11 is 0.674. The fraction of sp³-hybridized carbons (Fsp3) is 0.385. The van der Waals surface area contributed by atoms with Crippen LogP contribution in [-0.2, 0) is 11.0 Å². The number of aromatic nitrogens is 1. The van der Waals surface area contributed by atoms with E-state index in [1.54, 1.807) is 0 Å². The molecule has 0 aliphatic heterocycles. The lowest BCUT2D eigenvalue weighted by Gasteiger charge is -2.15. The first-order chi connectivity index (χ1) is 10.6. The van der Waals surface area contributed by atoms with Crippen LogP contribution in [0.5, 0.6) is 0 Å². The molecule has 0 aliphatic rings. The molecular weight excluding hydrogens is 333 g/mol. The number of thioether (sulfide) groups is 1. The van der Waals surface area contributed by atoms with Crippen molar-refractivity contribution in [2.24, 2.45) is 0 Å². The van der Waals surface area contributed by atoms with Crippen LogP contribution in [0.25, 0.3) is 0 Å². The number of rotatable bonds is 3. The molecular formula is C13H13F3N4O2S. The van der Waals surface area contributed by atoms with Crippen LogP contribution < -0.4 is 10.6 Å². The number of nitriles is 1. The Morgan fingerprint density at radius 1 is 1.43 bits per heavy atom. The standard InChI is InChI=1S/C13H13F3N4O2S/c1-6-4-9(13(14,15)16)8(5-17)11(19-6)23-7(2)10(21)20-12(22)18-3/h4,7H,1-3H3,(H2,18,20,21,22). The molecule has 0 aliphatic carbocycles. The minimum Gasteiger partial charge on any atom is -0.341 e. The van der Waals surface area contributed by atoms with E-state index in [0.29, 0.717) is 11.8 Å². The Morgan fingerprint density at radius 3 is 2.52 bits per heavy atom. The number of carbonyl (C=O) groups excluding carboxylic acids is 2. The molecule has 0 aromatic carbocycles. The van der Waals surface area contributed by atoms with Gasteiger partial charge in [0.1, 0.15) is 11.1 Å². The van der Waals surface area contributed by atoms with Gasteiger partial charge in [0.15, 0.2) is 0 Å². The Morgan fingerprint density at radius 2 is 2.04 bits per heavy atom. The zero-order valence-corrected chi connectivity index (χ0v) is 13.2. The number of carbonyl (C=O) groups is 2. The Labute approximate surface area is 134 Å². The van der Waals surface area contributed by atoms with Crippen molar-refractivity contribution in [3.8, 4) is 6.07 Å². The number of pyridine rings is 1. The normalized spacial score (nSPS) is 12.2. The topological polar surface area (TPSA) is 94.9 Å². The first-order valence-corrected chi connectivity index (χ1v) is 7.16. The lowest BCUT2D eigenvalue weighted by molar-refractivity contribution is -0.138. The third kappa shape index (κ3) is 4.85. The predicted octanol–water partition coefficient (Wildman–Crippen LogP) is 2.22. The molecule has 0 fully saturated rings. The van der Waals surface area contributed by atoms with Gasteiger partial charge in [-0.2, -0.15) is 18.4 Å². The smallest absolute Gasteiger partial charge is 0.341 e. The molecule has 2 N–H and O–H groups in total. The van der Waals surface area contributed by atoms with E-state index < -0.39 is 34.5 Å². The number of urea groups is 1. The third-order valence-electron chi connectivity index (χ3n) is 2.65. The highest BCUT2D eigenvalue weighted by molar-refractivity contribution is 8.00. The Balaban J connectivity index is 3.14. The number of nitrogens with zero attached hydrogens (tertiary/aromatic N) is 2. The van der Waals surface area contributed by atoms with E-state index in [-0.39, 0.29) is 10.7 Å². The molecule has 23 heavy (non-hydrogen) atoms. The van der Waals surface area contributed by atoms with Crippen molar-refractivity contribution in [3.05, 3.63) is 22.9 Å². The van der Waals surface area contributed by atoms with E-state index in [2.05, 4.69) is 10.3 Å². The van der Waals surface area contributed by atoms with Gasteiger partial charge in [0, 0.05) is 12.7 Å². The number of amides is 3. The molecule has 0 radical (unpaired) electrons. The van der Waals surface area contributed by atoms with E-state index in [9.17, 15) is 22.8 Å². The average molecular weight is 346 g/mol. The maximum Gasteiger partial charge on any atom is 0.417 e. The molecule has 6 nitrogen and oxygen atoms in total. The van der Waals surface area contributed by atoms with E-state index >= 15 is 0 Å². The Hall–Kier alpha value is -2.28. The van der Waals surface area contributed by atoms with Gasteiger partial charge in [-0.3, -0.25) is 10.1 Å². The molecule has 0 saturated heterocycles. The van der Waals surface area contributed by atoms with Gasteiger partial charge in [-0.1, -0.05) is 11.8 Å². The van der Waals surface area contributed by atoms with E-state index in [0.717, 1.165) is 6.07 Å². The van der Waals surface area contributed by atoms with Gasteiger partial charge in [-0.25, -0.2) is 9.78 Å². The molecule has 1 aromatic rings. The van der Waals surface area contributed by atoms with Gasteiger partial charge in [-0.05, 0) is 19.9 Å². The monoisotopic (exact) mass is 346 g/mol. The van der Waals surface area contributed by atoms with Crippen molar-refractivity contribution >= 4 is 23.7 Å². The van der Waals surface area contributed by atoms with E-state index in [1.807, 2.05) is 5.32 Å². The second-order valence-corrected chi connectivity index (χ2v) is 5.76. The molecule has 1 heterocycles. The highest BCUT2D eigenvalue weighted by Gasteiger charge is 2.36. The maximum absolute atomic E-state index is 13.0. The van der Waals surface area contributed by atoms with Gasteiger partial charge in [-0.15, -0.1) is 0 Å². The Kier molecular flexibility index (Phi) is 5.98. The summed E-state index contributed by atoms with van der Waals surface area (Å²) in [6.45, 7) is 2.75. The summed E-state index contributed by atoms with van der Waals surface area (Å²) in [5, 5.41) is 12.1. The number of hydrogen-bond donors (Lipinski definition) is 2. The highest BCUT2D eigenvalue weighted by Crippen LogP contribution is 2.36. The highest BCUT2D eigenvalue weighted by atomic mass is 32.2. The molecule has 1 aromatic heterocycles. The van der Waals surface area contributed by atoms with Crippen molar-refractivity contribution in [1.82, 2.24) is 15.6 Å². The van der Waals surface area contributed by atoms with Gasteiger partial charge in [0.25, 0.3) is 0 Å². The van der Waals surface area contributed by atoms with Gasteiger partial charge < -0.3 is 5.32 Å². The van der Waals surface area contributed by atoms with Gasteiger partial charge in [0.2, 0.25) is 5.91 Å². The van der Waals surface area contributed by atoms with Crippen LogP contribution in [0.3, 0.4) is 0 Å². The lowest BCUT2D eigenvalue weighted by atomic mass is 10.1. The minimum absolute atomic E-state index is 0.0673. The molecule has 0 saturated carbocycles. The molecule has 0 spiro atoms. The first-order valence-electron chi connectivity index (χ1n) is 6.28. The van der Waals surface area contributed by atoms with Crippen LogP contribution in [0.15, 0.2) is 11.1 Å². The van der Waals surface area contributed by atoms with Gasteiger partial charge in [0.05, 0.1) is 16.4 Å². The fourth-order valence-electron chi connectivity index (χ4n) is 1.56. The molecule has 1 atom stereocenters. The average Bonchev–Trinajstić information content (AvgIpc) is 2.45. The summed E-state index contributed by atoms with van der Waals surface area (Å²) in [6.07, 6.45) is -4.71. The summed E-state index contributed by atoms with van der Waals surface area (Å²) in [4.78, 5) is 26.7. The first kappa shape index (κ1) is 18.8. The summed E-state index contributed by atoms with van der Waals surface area (Å²) in [5.41, 5.74) is -1.68. The van der Waals surface area contributed by atoms with Crippen LogP contribution in [-0.4, -0.2) is 29.2 Å². The van der Waals surface area contributed by atoms with Crippen LogP contribution in [0.1, 0.15) is 23.7 Å². The number of nitrogens with one attached hydrogen (secondary N) is 2. The minimum atomic E-state index is -4.71. The quantitative estimate of drug-likeness (QED) is 0.818. The predicted molar refractivity (Wildman–Crippen MR) is 76.6 cm³/mol. The van der Waals surface area contributed by atoms with Crippen LogP contribution in [0.2, 0.25) is 0 Å². The number of halogens is 3. The van der Waals surface area contributed by atoms with Gasteiger partial charge >= 0.3 is 12.2 Å². The summed E-state index contributed by atoms with van der Waals surface area (Å²) < 4.78 is 39.0. The second-order valence-electron chi connectivity index (χ2n) is 4.43. The SMILES string of the molecule is CNC(=O)NC(=O)C(C)Sc1nc(C)cc(C(F)(F)F)c1C#N. The van der Waals surface area contributed by atoms with Crippen molar-refractivity contribution in [2.75, 3.05) is 7.05 Å². The maximum atomic E-state index is 13.0. The third-order valence-corrected chi connectivity index (χ3v) is 3.74. The second kappa shape index (κ2) is 7.32. The van der Waals surface area contributed by atoms with Crippen molar-refractivity contribution < 1.29 is 22.8 Å². The zero-order chi connectivity index (χ0) is 17.8. The molecule has 0 bridgehead atoms. The van der Waals surface area contributed by atoms with E-state index in [1.165, 1.54) is 27.0 Å². The molecule has 3 amide bonds. The van der Waals surface area contributed by atoms with Crippen molar-refractivity contribution in [2.45, 2.75) is 30.3 Å². The summed E-state index contributed by atoms with van der Waals surface area (Å²) in [7, 11) is 1.31. The summed E-state index contributed by atoms with van der Waals surface area (Å²) in [5.74, 6) is -0.713. The zero-order valence-electron chi connectivity index (χ0n) is 12.4. The molecule has 1 rings (SSSR count). The van der Waals surface area contributed by atoms with E-state index in [4.69, 9.17) is 5.26 Å². The van der Waals surface area contributed by atoms with Crippen LogP contribution in [0.4, 0.5) is 18.0 Å². The molecule has 124 valence electrons. The van der Waals surface area contributed by atoms with Crippen LogP contribution in [0, 0.1) is 18.3 Å². The fourth-order valence-corrected chi connectivity index (χ4v) is 2.53. The largest absolute Gasteiger partial charge is 0.417 e. The van der Waals surface area contributed by atoms with Crippen LogP contribution >= 0.6 is 11.8 Å². The number of hydrogen-bond acceptors (Lipinski definition) is 5. The lowest BCUT2D eigenvalue weighted by Crippen LogP contribution is -2.41. The number of alkyl halides is 3. The molecule has 10 heteroatoms. The van der Waals surface area contributed by atoms with Crippen molar-refractivity contribution in [1.29, 1.82) is 5.26 Å². The number of imide groups is 1. The summed E-state index contributed by atoms with van der Waals surface area (Å²) in [6, 6.07) is 1.52. The van der Waals surface area contributed by atoms with Crippen molar-refractivity contribution in [3.63, 3.8) is 0 Å².